The summed E-state index contributed by atoms with van der Waals surface area (Å²) in [6.07, 6.45) is 8.82. The Labute approximate surface area is 103 Å². The lowest BCUT2D eigenvalue weighted by Crippen LogP contribution is -2.23. The molecule has 0 aliphatic rings. The van der Waals surface area contributed by atoms with Crippen LogP contribution in [0, 0.1) is 0 Å². The summed E-state index contributed by atoms with van der Waals surface area (Å²) in [6.45, 7) is 3.36. The number of benzene rings is 1. The summed E-state index contributed by atoms with van der Waals surface area (Å²) in [6, 6.07) is 8.33. The Morgan fingerprint density at radius 3 is 2.35 bits per heavy atom. The van der Waals surface area contributed by atoms with Crippen molar-refractivity contribution in [1.82, 2.24) is 4.57 Å². The maximum absolute atomic E-state index is 10.3. The van der Waals surface area contributed by atoms with Crippen molar-refractivity contribution in [2.45, 2.75) is 26.3 Å². The van der Waals surface area contributed by atoms with Gasteiger partial charge >= 0.3 is 0 Å². The predicted octanol–water partition coefficient (Wildman–Crippen LogP) is 1.87. The van der Waals surface area contributed by atoms with E-state index in [2.05, 4.69) is 34.8 Å². The van der Waals surface area contributed by atoms with E-state index in [9.17, 15) is 5.11 Å². The molecule has 92 valence electrons. The molecular weight excluding hydrogens is 212 g/mol. The highest BCUT2D eigenvalue weighted by molar-refractivity contribution is 5.17. The molecule has 0 atom stereocenters. The zero-order valence-electron chi connectivity index (χ0n) is 10.5. The summed E-state index contributed by atoms with van der Waals surface area (Å²) in [5, 5.41) is 10.3. The predicted molar refractivity (Wildman–Crippen MR) is 66.4 cm³/mol. The summed E-state index contributed by atoms with van der Waals surface area (Å²) in [5.74, 6) is 0.0718. The minimum Gasteiger partial charge on any atom is -0.872 e. The van der Waals surface area contributed by atoms with E-state index in [0.717, 1.165) is 6.54 Å². The molecule has 0 saturated heterocycles. The van der Waals surface area contributed by atoms with Gasteiger partial charge in [-0.05, 0) is 6.42 Å². The monoisotopic (exact) mass is 232 g/mol. The average Bonchev–Trinajstić information content (AvgIpc) is 2.74. The van der Waals surface area contributed by atoms with Gasteiger partial charge in [-0.1, -0.05) is 43.7 Å². The molecule has 0 N–H and O–H groups in total. The number of imidazole rings is 1. The van der Waals surface area contributed by atoms with E-state index >= 15 is 0 Å². The molecule has 0 fully saturated rings. The first kappa shape index (κ1) is 13.3. The van der Waals surface area contributed by atoms with Gasteiger partial charge in [-0.3, -0.25) is 0 Å². The second-order valence-electron chi connectivity index (χ2n) is 3.98. The van der Waals surface area contributed by atoms with Gasteiger partial charge < -0.3 is 5.11 Å². The fourth-order valence-electron chi connectivity index (χ4n) is 1.40. The molecule has 3 nitrogen and oxygen atoms in total. The number of hydrogen-bond donors (Lipinski definition) is 0. The Morgan fingerprint density at radius 2 is 1.94 bits per heavy atom. The number of unbranched alkanes of at least 4 members (excludes halogenated alkanes) is 1. The van der Waals surface area contributed by atoms with Crippen molar-refractivity contribution in [2.24, 2.45) is 7.05 Å². The lowest BCUT2D eigenvalue weighted by Gasteiger charge is -1.98. The van der Waals surface area contributed by atoms with Crippen LogP contribution in [0.5, 0.6) is 5.75 Å². The van der Waals surface area contributed by atoms with Crippen LogP contribution in [0.4, 0.5) is 0 Å². The van der Waals surface area contributed by atoms with Crippen molar-refractivity contribution in [3.63, 3.8) is 0 Å². The van der Waals surface area contributed by atoms with E-state index in [4.69, 9.17) is 0 Å². The zero-order valence-corrected chi connectivity index (χ0v) is 10.5. The number of aromatic nitrogens is 2. The van der Waals surface area contributed by atoms with Gasteiger partial charge in [-0.25, -0.2) is 9.13 Å². The Morgan fingerprint density at radius 1 is 1.24 bits per heavy atom. The molecule has 0 aliphatic heterocycles. The van der Waals surface area contributed by atoms with Crippen molar-refractivity contribution >= 4 is 0 Å². The third kappa shape index (κ3) is 5.76. The van der Waals surface area contributed by atoms with Crippen LogP contribution in [0.1, 0.15) is 19.8 Å². The lowest BCUT2D eigenvalue weighted by molar-refractivity contribution is -0.671. The summed E-state index contributed by atoms with van der Waals surface area (Å²) in [7, 11) is 2.04. The standard InChI is InChI=1S/C8H15N2.C6H6O/c1-3-4-5-10-7-6-9(2)8-10;7-6-4-2-1-3-5-6/h6-8H,3-5H2,1-2H3;1-5,7H/q+1;/p-1. The number of para-hydroxylation sites is 1. The smallest absolute Gasteiger partial charge is 0.243 e. The molecule has 0 spiro atoms. The molecule has 17 heavy (non-hydrogen) atoms. The molecule has 3 heteroatoms. The molecule has 0 unspecified atom stereocenters. The Kier molecular flexibility index (Phi) is 5.86. The molecule has 1 aromatic carbocycles. The van der Waals surface area contributed by atoms with Gasteiger partial charge in [0.1, 0.15) is 12.4 Å². The topological polar surface area (TPSA) is 31.9 Å². The molecular formula is C14H20N2O. The quantitative estimate of drug-likeness (QED) is 0.743. The highest BCUT2D eigenvalue weighted by atomic mass is 16.3. The second kappa shape index (κ2) is 7.49. The molecule has 1 heterocycles. The van der Waals surface area contributed by atoms with Crippen molar-refractivity contribution in [1.29, 1.82) is 0 Å². The maximum atomic E-state index is 10.3. The maximum Gasteiger partial charge on any atom is 0.243 e. The minimum absolute atomic E-state index is 0.0718. The molecule has 0 amide bonds. The van der Waals surface area contributed by atoms with E-state index in [-0.39, 0.29) is 5.75 Å². The molecule has 0 saturated carbocycles. The third-order valence-corrected chi connectivity index (χ3v) is 2.34. The highest BCUT2D eigenvalue weighted by Gasteiger charge is 1.96. The van der Waals surface area contributed by atoms with Gasteiger partial charge in [0, 0.05) is 0 Å². The van der Waals surface area contributed by atoms with E-state index in [1.807, 2.05) is 13.1 Å². The van der Waals surface area contributed by atoms with Gasteiger partial charge in [0.05, 0.1) is 13.6 Å². The van der Waals surface area contributed by atoms with Crippen molar-refractivity contribution < 1.29 is 9.67 Å². The summed E-state index contributed by atoms with van der Waals surface area (Å²) >= 11 is 0. The van der Waals surface area contributed by atoms with Crippen LogP contribution in [0.15, 0.2) is 49.1 Å². The van der Waals surface area contributed by atoms with Crippen LogP contribution in [-0.2, 0) is 13.6 Å². The SMILES string of the molecule is CCCCn1cc[n+](C)c1.[O-]c1ccccc1. The Balaban J connectivity index is 0.000000181. The second-order valence-corrected chi connectivity index (χ2v) is 3.98. The molecule has 1 aromatic heterocycles. The first-order valence-electron chi connectivity index (χ1n) is 5.95. The molecule has 0 bridgehead atoms. The Bertz CT molecular complexity index is 409. The van der Waals surface area contributed by atoms with E-state index < -0.39 is 0 Å². The average molecular weight is 232 g/mol. The zero-order chi connectivity index (χ0) is 12.5. The number of hydrogen-bond acceptors (Lipinski definition) is 1. The van der Waals surface area contributed by atoms with Gasteiger partial charge in [0.25, 0.3) is 0 Å². The van der Waals surface area contributed by atoms with Crippen molar-refractivity contribution in [2.75, 3.05) is 0 Å². The third-order valence-electron chi connectivity index (χ3n) is 2.34. The van der Waals surface area contributed by atoms with Crippen LogP contribution in [0.2, 0.25) is 0 Å². The number of nitrogens with zero attached hydrogens (tertiary/aromatic N) is 2. The van der Waals surface area contributed by atoms with Crippen LogP contribution >= 0.6 is 0 Å². The minimum atomic E-state index is 0.0718. The van der Waals surface area contributed by atoms with Gasteiger partial charge in [-0.2, -0.15) is 0 Å². The van der Waals surface area contributed by atoms with Crippen LogP contribution in [0.25, 0.3) is 0 Å². The van der Waals surface area contributed by atoms with E-state index in [0.29, 0.717) is 0 Å². The largest absolute Gasteiger partial charge is 0.872 e. The van der Waals surface area contributed by atoms with Crippen LogP contribution < -0.4 is 9.67 Å². The fraction of sp³-hybridized carbons (Fsp3) is 0.357. The molecule has 0 radical (unpaired) electrons. The van der Waals surface area contributed by atoms with Crippen molar-refractivity contribution in [3.8, 4) is 5.75 Å². The lowest BCUT2D eigenvalue weighted by atomic mass is 10.3. The van der Waals surface area contributed by atoms with Crippen molar-refractivity contribution in [3.05, 3.63) is 49.1 Å². The van der Waals surface area contributed by atoms with E-state index in [1.54, 1.807) is 12.1 Å². The fourth-order valence-corrected chi connectivity index (χ4v) is 1.40. The number of rotatable bonds is 3. The van der Waals surface area contributed by atoms with Gasteiger partial charge in [0.15, 0.2) is 0 Å². The highest BCUT2D eigenvalue weighted by Crippen LogP contribution is 1.98. The Hall–Kier alpha value is -1.77. The molecule has 0 aliphatic carbocycles. The summed E-state index contributed by atoms with van der Waals surface area (Å²) in [5.41, 5.74) is 0. The summed E-state index contributed by atoms with van der Waals surface area (Å²) < 4.78 is 4.28. The number of aryl methyl sites for hydroxylation is 2. The van der Waals surface area contributed by atoms with E-state index in [1.165, 1.54) is 25.0 Å². The van der Waals surface area contributed by atoms with Crippen LogP contribution in [0.3, 0.4) is 0 Å². The summed E-state index contributed by atoms with van der Waals surface area (Å²) in [4.78, 5) is 0. The molecule has 2 aromatic rings. The molecule has 2 rings (SSSR count). The first-order chi connectivity index (χ1) is 8.22. The normalized spacial score (nSPS) is 9.53. The first-order valence-corrected chi connectivity index (χ1v) is 5.95. The van der Waals surface area contributed by atoms with Gasteiger partial charge in [-0.15, -0.1) is 5.75 Å². The van der Waals surface area contributed by atoms with Crippen LogP contribution in [-0.4, -0.2) is 4.57 Å². The van der Waals surface area contributed by atoms with Gasteiger partial charge in [0.2, 0.25) is 6.33 Å².